The maximum Gasteiger partial charge on any atom is 0.242 e. The lowest BCUT2D eigenvalue weighted by Crippen LogP contribution is -2.26. The molecular formula is C11H17FN2O3S. The van der Waals surface area contributed by atoms with E-state index in [1.165, 1.54) is 12.1 Å². The number of rotatable bonds is 7. The van der Waals surface area contributed by atoms with Crippen LogP contribution in [0.2, 0.25) is 0 Å². The Balaban J connectivity index is 2.66. The van der Waals surface area contributed by atoms with Crippen molar-refractivity contribution >= 4 is 15.7 Å². The smallest absolute Gasteiger partial charge is 0.242 e. The van der Waals surface area contributed by atoms with Gasteiger partial charge < -0.3 is 10.5 Å². The zero-order valence-electron chi connectivity index (χ0n) is 10.1. The number of nitrogens with two attached hydrogens (primary N) is 1. The molecule has 0 aliphatic heterocycles. The number of halogens is 1. The van der Waals surface area contributed by atoms with Crippen LogP contribution in [0.1, 0.15) is 13.3 Å². The van der Waals surface area contributed by atoms with Crippen molar-refractivity contribution in [2.45, 2.75) is 18.2 Å². The fourth-order valence-electron chi connectivity index (χ4n) is 1.35. The Labute approximate surface area is 106 Å². The van der Waals surface area contributed by atoms with Gasteiger partial charge in [-0.15, -0.1) is 0 Å². The van der Waals surface area contributed by atoms with Crippen molar-refractivity contribution in [3.8, 4) is 0 Å². The summed E-state index contributed by atoms with van der Waals surface area (Å²) in [5.74, 6) is -0.743. The van der Waals surface area contributed by atoms with Crippen LogP contribution in [0, 0.1) is 5.82 Å². The molecule has 0 saturated carbocycles. The van der Waals surface area contributed by atoms with E-state index in [-0.39, 0.29) is 17.1 Å². The van der Waals surface area contributed by atoms with Crippen molar-refractivity contribution in [1.29, 1.82) is 0 Å². The van der Waals surface area contributed by atoms with Crippen molar-refractivity contribution in [2.75, 3.05) is 25.5 Å². The minimum absolute atomic E-state index is 0.221. The SMILES string of the molecule is CCOCCCNS(=O)(=O)c1cccc(F)c1N. The summed E-state index contributed by atoms with van der Waals surface area (Å²) in [4.78, 5) is -0.237. The Bertz CT molecular complexity index is 491. The molecule has 0 amide bonds. The molecule has 1 aromatic rings. The molecule has 0 aromatic heterocycles. The number of hydrogen-bond acceptors (Lipinski definition) is 4. The number of para-hydroxylation sites is 1. The first kappa shape index (κ1) is 14.9. The predicted molar refractivity (Wildman–Crippen MR) is 67.1 cm³/mol. The van der Waals surface area contributed by atoms with Crippen LogP contribution in [-0.4, -0.2) is 28.2 Å². The Morgan fingerprint density at radius 3 is 2.83 bits per heavy atom. The molecule has 7 heteroatoms. The summed E-state index contributed by atoms with van der Waals surface area (Å²) in [6.07, 6.45) is 0.544. The zero-order chi connectivity index (χ0) is 13.6. The molecule has 0 heterocycles. The van der Waals surface area contributed by atoms with Gasteiger partial charge in [-0.3, -0.25) is 0 Å². The first-order chi connectivity index (χ1) is 8.49. The summed E-state index contributed by atoms with van der Waals surface area (Å²) in [6.45, 7) is 3.14. The van der Waals surface area contributed by atoms with E-state index in [2.05, 4.69) is 4.72 Å². The van der Waals surface area contributed by atoms with E-state index in [0.717, 1.165) is 6.07 Å². The van der Waals surface area contributed by atoms with E-state index in [9.17, 15) is 12.8 Å². The summed E-state index contributed by atoms with van der Waals surface area (Å²) < 4.78 is 44.3. The minimum atomic E-state index is -3.77. The average molecular weight is 276 g/mol. The highest BCUT2D eigenvalue weighted by atomic mass is 32.2. The van der Waals surface area contributed by atoms with Crippen LogP contribution in [0.25, 0.3) is 0 Å². The molecule has 0 fully saturated rings. The third-order valence-corrected chi connectivity index (χ3v) is 3.78. The number of anilines is 1. The van der Waals surface area contributed by atoms with Gasteiger partial charge in [-0.25, -0.2) is 17.5 Å². The van der Waals surface area contributed by atoms with Gasteiger partial charge >= 0.3 is 0 Å². The van der Waals surface area contributed by atoms with Crippen molar-refractivity contribution in [3.63, 3.8) is 0 Å². The van der Waals surface area contributed by atoms with Crippen LogP contribution in [0.5, 0.6) is 0 Å². The molecule has 18 heavy (non-hydrogen) atoms. The second-order valence-corrected chi connectivity index (χ2v) is 5.34. The number of hydrogen-bond donors (Lipinski definition) is 2. The maximum absolute atomic E-state index is 13.2. The van der Waals surface area contributed by atoms with Gasteiger partial charge in [0.25, 0.3) is 0 Å². The highest BCUT2D eigenvalue weighted by Gasteiger charge is 2.18. The molecule has 1 rings (SSSR count). The number of nitrogens with one attached hydrogen (secondary N) is 1. The van der Waals surface area contributed by atoms with Gasteiger partial charge in [-0.2, -0.15) is 0 Å². The Morgan fingerprint density at radius 1 is 1.44 bits per heavy atom. The summed E-state index contributed by atoms with van der Waals surface area (Å²) in [5, 5.41) is 0. The molecular weight excluding hydrogens is 259 g/mol. The highest BCUT2D eigenvalue weighted by Crippen LogP contribution is 2.20. The maximum atomic E-state index is 13.2. The minimum Gasteiger partial charge on any atom is -0.395 e. The standard InChI is InChI=1S/C11H17FN2O3S/c1-2-17-8-4-7-14-18(15,16)10-6-3-5-9(12)11(10)13/h3,5-6,14H,2,4,7-8,13H2,1H3. The van der Waals surface area contributed by atoms with E-state index in [1.807, 2.05) is 6.92 Å². The lowest BCUT2D eigenvalue weighted by Gasteiger charge is -2.09. The van der Waals surface area contributed by atoms with Gasteiger partial charge in [0, 0.05) is 19.8 Å². The third-order valence-electron chi connectivity index (χ3n) is 2.26. The average Bonchev–Trinajstić information content (AvgIpc) is 2.32. The van der Waals surface area contributed by atoms with E-state index in [1.54, 1.807) is 0 Å². The van der Waals surface area contributed by atoms with Crippen LogP contribution in [-0.2, 0) is 14.8 Å². The highest BCUT2D eigenvalue weighted by molar-refractivity contribution is 7.89. The topological polar surface area (TPSA) is 81.4 Å². The first-order valence-corrected chi connectivity index (χ1v) is 7.08. The summed E-state index contributed by atoms with van der Waals surface area (Å²) >= 11 is 0. The molecule has 102 valence electrons. The second-order valence-electron chi connectivity index (χ2n) is 3.60. The molecule has 0 bridgehead atoms. The summed E-state index contributed by atoms with van der Waals surface area (Å²) in [5.41, 5.74) is 5.04. The number of benzene rings is 1. The molecule has 0 spiro atoms. The molecule has 1 aromatic carbocycles. The third kappa shape index (κ3) is 3.94. The van der Waals surface area contributed by atoms with Gasteiger partial charge in [0.15, 0.2) is 0 Å². The molecule has 5 nitrogen and oxygen atoms in total. The van der Waals surface area contributed by atoms with Crippen molar-refractivity contribution in [2.24, 2.45) is 0 Å². The molecule has 0 atom stereocenters. The summed E-state index contributed by atoms with van der Waals surface area (Å²) in [7, 11) is -3.77. The lowest BCUT2D eigenvalue weighted by molar-refractivity contribution is 0.146. The van der Waals surface area contributed by atoms with E-state index in [4.69, 9.17) is 10.5 Å². The van der Waals surface area contributed by atoms with Gasteiger partial charge in [0.05, 0.1) is 5.69 Å². The Morgan fingerprint density at radius 2 is 2.17 bits per heavy atom. The van der Waals surface area contributed by atoms with Gasteiger partial charge in [-0.1, -0.05) is 6.07 Å². The molecule has 0 unspecified atom stereocenters. The van der Waals surface area contributed by atoms with Crippen LogP contribution >= 0.6 is 0 Å². The van der Waals surface area contributed by atoms with Crippen LogP contribution in [0.4, 0.5) is 10.1 Å². The van der Waals surface area contributed by atoms with Crippen molar-refractivity contribution in [3.05, 3.63) is 24.0 Å². The van der Waals surface area contributed by atoms with Crippen LogP contribution in [0.3, 0.4) is 0 Å². The normalized spacial score (nSPS) is 11.7. The molecule has 0 aliphatic rings. The number of nitrogen functional groups attached to an aromatic ring is 1. The van der Waals surface area contributed by atoms with Crippen LogP contribution in [0.15, 0.2) is 23.1 Å². The lowest BCUT2D eigenvalue weighted by atomic mass is 10.3. The fourth-order valence-corrected chi connectivity index (χ4v) is 2.57. The number of ether oxygens (including phenoxy) is 1. The number of sulfonamides is 1. The van der Waals surface area contributed by atoms with E-state index >= 15 is 0 Å². The summed E-state index contributed by atoms with van der Waals surface area (Å²) in [6, 6.07) is 3.69. The predicted octanol–water partition coefficient (Wildman–Crippen LogP) is 1.11. The quantitative estimate of drug-likeness (QED) is 0.577. The van der Waals surface area contributed by atoms with Gasteiger partial charge in [0.2, 0.25) is 10.0 Å². The molecule has 0 radical (unpaired) electrons. The molecule has 0 saturated heterocycles. The van der Waals surface area contributed by atoms with Crippen molar-refractivity contribution in [1.82, 2.24) is 4.72 Å². The largest absolute Gasteiger partial charge is 0.395 e. The van der Waals surface area contributed by atoms with E-state index < -0.39 is 15.8 Å². The van der Waals surface area contributed by atoms with Gasteiger partial charge in [0.1, 0.15) is 10.7 Å². The first-order valence-electron chi connectivity index (χ1n) is 5.60. The zero-order valence-corrected chi connectivity index (χ0v) is 11.0. The molecule has 0 aliphatic carbocycles. The van der Waals surface area contributed by atoms with Crippen molar-refractivity contribution < 1.29 is 17.5 Å². The van der Waals surface area contributed by atoms with Crippen LogP contribution < -0.4 is 10.5 Å². The molecule has 3 N–H and O–H groups in total. The Hall–Kier alpha value is -1.18. The fraction of sp³-hybridized carbons (Fsp3) is 0.455. The Kier molecular flexibility index (Phi) is 5.52. The monoisotopic (exact) mass is 276 g/mol. The van der Waals surface area contributed by atoms with E-state index in [0.29, 0.717) is 19.6 Å². The second kappa shape index (κ2) is 6.67. The van der Waals surface area contributed by atoms with Gasteiger partial charge in [-0.05, 0) is 25.5 Å².